The van der Waals surface area contributed by atoms with E-state index in [1.54, 1.807) is 0 Å². The van der Waals surface area contributed by atoms with E-state index in [1.165, 1.54) is 5.56 Å². The molecule has 0 N–H and O–H groups in total. The van der Waals surface area contributed by atoms with Crippen molar-refractivity contribution in [3.05, 3.63) is 23.4 Å². The fourth-order valence-corrected chi connectivity index (χ4v) is 2.75. The number of piperazine rings is 1. The van der Waals surface area contributed by atoms with Gasteiger partial charge in [0.05, 0.1) is 0 Å². The van der Waals surface area contributed by atoms with Crippen molar-refractivity contribution in [1.82, 2.24) is 9.88 Å². The highest BCUT2D eigenvalue weighted by Crippen LogP contribution is 2.24. The maximum Gasteiger partial charge on any atom is 0.129 e. The number of hydrogen-bond acceptors (Lipinski definition) is 3. The van der Waals surface area contributed by atoms with E-state index in [0.29, 0.717) is 17.8 Å². The summed E-state index contributed by atoms with van der Waals surface area (Å²) in [6, 6.07) is 4.76. The molecular formula is C15H24ClN3. The van der Waals surface area contributed by atoms with E-state index in [1.807, 2.05) is 0 Å². The number of hydrogen-bond donors (Lipinski definition) is 0. The molecule has 3 nitrogen and oxygen atoms in total. The third kappa shape index (κ3) is 3.40. The highest BCUT2D eigenvalue weighted by Gasteiger charge is 2.23. The lowest BCUT2D eigenvalue weighted by Gasteiger charge is -2.39. The Balaban J connectivity index is 2.30. The van der Waals surface area contributed by atoms with Gasteiger partial charge in [-0.3, -0.25) is 0 Å². The Kier molecular flexibility index (Phi) is 4.69. The highest BCUT2D eigenvalue weighted by atomic mass is 35.5. The molecule has 1 saturated heterocycles. The first-order chi connectivity index (χ1) is 9.01. The molecule has 0 radical (unpaired) electrons. The van der Waals surface area contributed by atoms with Gasteiger partial charge in [-0.2, -0.15) is 0 Å². The Bertz CT molecular complexity index is 433. The minimum Gasteiger partial charge on any atom is -0.351 e. The van der Waals surface area contributed by atoms with Crippen LogP contribution in [0.4, 0.5) is 5.82 Å². The average molecular weight is 282 g/mol. The molecule has 0 spiro atoms. The van der Waals surface area contributed by atoms with Crippen molar-refractivity contribution in [3.63, 3.8) is 0 Å². The fourth-order valence-electron chi connectivity index (χ4n) is 2.59. The van der Waals surface area contributed by atoms with Gasteiger partial charge in [0.2, 0.25) is 0 Å². The van der Waals surface area contributed by atoms with Crippen LogP contribution in [0.3, 0.4) is 0 Å². The zero-order valence-electron chi connectivity index (χ0n) is 12.4. The van der Waals surface area contributed by atoms with Crippen molar-refractivity contribution in [2.75, 3.05) is 31.6 Å². The molecule has 0 amide bonds. The number of rotatable bonds is 3. The SMILES string of the molecule is CC(C)c1cc(CCl)cc(N2CCN(C)CC2C)n1. The normalized spacial score (nSPS) is 21.2. The highest BCUT2D eigenvalue weighted by molar-refractivity contribution is 6.17. The molecular weight excluding hydrogens is 258 g/mol. The molecule has 106 valence electrons. The Morgan fingerprint density at radius 1 is 1.37 bits per heavy atom. The predicted octanol–water partition coefficient (Wildman–Crippen LogP) is 3.08. The summed E-state index contributed by atoms with van der Waals surface area (Å²) in [7, 11) is 2.18. The van der Waals surface area contributed by atoms with Crippen molar-refractivity contribution < 1.29 is 0 Å². The Labute approximate surface area is 121 Å². The molecule has 1 aliphatic heterocycles. The van der Waals surface area contributed by atoms with Gasteiger partial charge in [-0.15, -0.1) is 11.6 Å². The van der Waals surface area contributed by atoms with E-state index in [0.717, 1.165) is 31.1 Å². The molecule has 1 atom stereocenters. The van der Waals surface area contributed by atoms with E-state index in [9.17, 15) is 0 Å². The lowest BCUT2D eigenvalue weighted by molar-refractivity contribution is 0.274. The molecule has 1 fully saturated rings. The molecule has 1 aromatic rings. The molecule has 1 aromatic heterocycles. The molecule has 0 aliphatic carbocycles. The van der Waals surface area contributed by atoms with E-state index in [2.05, 4.69) is 49.8 Å². The van der Waals surface area contributed by atoms with Gasteiger partial charge >= 0.3 is 0 Å². The molecule has 2 heterocycles. The maximum atomic E-state index is 6.02. The quantitative estimate of drug-likeness (QED) is 0.794. The summed E-state index contributed by atoms with van der Waals surface area (Å²) in [6.45, 7) is 9.83. The van der Waals surface area contributed by atoms with Crippen LogP contribution in [-0.4, -0.2) is 42.6 Å². The van der Waals surface area contributed by atoms with Gasteiger partial charge in [-0.25, -0.2) is 4.98 Å². The van der Waals surface area contributed by atoms with Crippen LogP contribution < -0.4 is 4.90 Å². The first kappa shape index (κ1) is 14.6. The smallest absolute Gasteiger partial charge is 0.129 e. The second kappa shape index (κ2) is 6.10. The molecule has 0 bridgehead atoms. The van der Waals surface area contributed by atoms with Crippen molar-refractivity contribution in [1.29, 1.82) is 0 Å². The molecule has 2 rings (SSSR count). The lowest BCUT2D eigenvalue weighted by atomic mass is 10.1. The number of aromatic nitrogens is 1. The van der Waals surface area contributed by atoms with Crippen LogP contribution in [0, 0.1) is 0 Å². The zero-order chi connectivity index (χ0) is 14.0. The van der Waals surface area contributed by atoms with Crippen LogP contribution in [0.1, 0.15) is 37.9 Å². The number of pyridine rings is 1. The van der Waals surface area contributed by atoms with E-state index >= 15 is 0 Å². The van der Waals surface area contributed by atoms with Gasteiger partial charge in [-0.1, -0.05) is 13.8 Å². The Morgan fingerprint density at radius 2 is 2.11 bits per heavy atom. The Hall–Kier alpha value is -0.800. The van der Waals surface area contributed by atoms with Gasteiger partial charge in [0.25, 0.3) is 0 Å². The fraction of sp³-hybridized carbons (Fsp3) is 0.667. The summed E-state index contributed by atoms with van der Waals surface area (Å²) < 4.78 is 0. The second-order valence-corrected chi connectivity index (χ2v) is 6.12. The van der Waals surface area contributed by atoms with E-state index in [-0.39, 0.29) is 0 Å². The number of anilines is 1. The van der Waals surface area contributed by atoms with Gasteiger partial charge < -0.3 is 9.80 Å². The summed E-state index contributed by atoms with van der Waals surface area (Å²) in [6.07, 6.45) is 0. The van der Waals surface area contributed by atoms with Crippen molar-refractivity contribution in [2.24, 2.45) is 0 Å². The van der Waals surface area contributed by atoms with Crippen LogP contribution in [-0.2, 0) is 5.88 Å². The molecule has 1 unspecified atom stereocenters. The third-order valence-electron chi connectivity index (χ3n) is 3.76. The number of nitrogens with zero attached hydrogens (tertiary/aromatic N) is 3. The summed E-state index contributed by atoms with van der Waals surface area (Å²) in [5, 5.41) is 0. The Morgan fingerprint density at radius 3 is 2.68 bits per heavy atom. The van der Waals surface area contributed by atoms with Gasteiger partial charge in [0.1, 0.15) is 5.82 Å². The van der Waals surface area contributed by atoms with E-state index < -0.39 is 0 Å². The molecule has 4 heteroatoms. The summed E-state index contributed by atoms with van der Waals surface area (Å²) in [5.74, 6) is 2.07. The number of halogens is 1. The molecule has 0 saturated carbocycles. The first-order valence-electron chi connectivity index (χ1n) is 7.03. The van der Waals surface area contributed by atoms with Crippen LogP contribution in [0.5, 0.6) is 0 Å². The first-order valence-corrected chi connectivity index (χ1v) is 7.56. The topological polar surface area (TPSA) is 19.4 Å². The van der Waals surface area contributed by atoms with Crippen LogP contribution >= 0.6 is 11.6 Å². The average Bonchev–Trinajstić information content (AvgIpc) is 2.38. The monoisotopic (exact) mass is 281 g/mol. The van der Waals surface area contributed by atoms with Crippen molar-refractivity contribution in [2.45, 2.75) is 38.6 Å². The third-order valence-corrected chi connectivity index (χ3v) is 4.07. The van der Waals surface area contributed by atoms with Crippen LogP contribution in [0.15, 0.2) is 12.1 Å². The summed E-state index contributed by atoms with van der Waals surface area (Å²) >= 11 is 6.02. The molecule has 0 aromatic carbocycles. The summed E-state index contributed by atoms with van der Waals surface area (Å²) in [4.78, 5) is 9.60. The van der Waals surface area contributed by atoms with Crippen molar-refractivity contribution in [3.8, 4) is 0 Å². The predicted molar refractivity (Wildman–Crippen MR) is 82.2 cm³/mol. The number of likely N-dealkylation sites (N-methyl/N-ethyl adjacent to an activating group) is 1. The second-order valence-electron chi connectivity index (χ2n) is 5.85. The zero-order valence-corrected chi connectivity index (χ0v) is 13.1. The van der Waals surface area contributed by atoms with E-state index in [4.69, 9.17) is 16.6 Å². The van der Waals surface area contributed by atoms with Crippen molar-refractivity contribution >= 4 is 17.4 Å². The largest absolute Gasteiger partial charge is 0.351 e. The number of alkyl halides is 1. The minimum atomic E-state index is 0.435. The van der Waals surface area contributed by atoms with Gasteiger partial charge in [-0.05, 0) is 37.6 Å². The minimum absolute atomic E-state index is 0.435. The molecule has 1 aliphatic rings. The van der Waals surface area contributed by atoms with Gasteiger partial charge in [0, 0.05) is 37.3 Å². The lowest BCUT2D eigenvalue weighted by Crippen LogP contribution is -2.50. The van der Waals surface area contributed by atoms with Gasteiger partial charge in [0.15, 0.2) is 0 Å². The van der Waals surface area contributed by atoms with Crippen LogP contribution in [0.2, 0.25) is 0 Å². The molecule has 19 heavy (non-hydrogen) atoms. The maximum absolute atomic E-state index is 6.02. The van der Waals surface area contributed by atoms with Crippen LogP contribution in [0.25, 0.3) is 0 Å². The summed E-state index contributed by atoms with van der Waals surface area (Å²) in [5.41, 5.74) is 2.31. The standard InChI is InChI=1S/C15H24ClN3/c1-11(2)14-7-13(9-16)8-15(17-14)19-6-5-18(4)10-12(19)3/h7-8,11-12H,5-6,9-10H2,1-4H3.